The number of nitrogens with one attached hydrogen (secondary N) is 1. The van der Waals surface area contributed by atoms with E-state index in [9.17, 15) is 9.59 Å². The first-order chi connectivity index (χ1) is 10.6. The SMILES string of the molecule is Cc1nc(C(=O)N[C@H](C(N)=O)C2CC2)c(-c2ccccc2)s1. The van der Waals surface area contributed by atoms with Crippen molar-refractivity contribution in [3.63, 3.8) is 0 Å². The second-order valence-corrected chi connectivity index (χ2v) is 6.67. The standard InChI is InChI=1S/C16H17N3O2S/c1-9-18-13(14(22-9)11-5-3-2-4-6-11)16(21)19-12(15(17)20)10-7-8-10/h2-6,10,12H,7-8H2,1H3,(H2,17,20)(H,19,21)/t12-/m0/s1. The van der Waals surface area contributed by atoms with Gasteiger partial charge in [-0.3, -0.25) is 9.59 Å². The molecule has 3 N–H and O–H groups in total. The van der Waals surface area contributed by atoms with E-state index in [1.165, 1.54) is 11.3 Å². The third-order valence-corrected chi connectivity index (χ3v) is 4.69. The molecule has 1 aliphatic carbocycles. The fraction of sp³-hybridized carbons (Fsp3) is 0.312. The monoisotopic (exact) mass is 315 g/mol. The predicted octanol–water partition coefficient (Wildman–Crippen LogP) is 2.11. The van der Waals surface area contributed by atoms with Gasteiger partial charge >= 0.3 is 0 Å². The minimum atomic E-state index is -0.599. The van der Waals surface area contributed by atoms with Gasteiger partial charge in [0.2, 0.25) is 5.91 Å². The fourth-order valence-corrected chi connectivity index (χ4v) is 3.35. The summed E-state index contributed by atoms with van der Waals surface area (Å²) in [6.45, 7) is 1.86. The summed E-state index contributed by atoms with van der Waals surface area (Å²) in [5, 5.41) is 3.56. The Kier molecular flexibility index (Phi) is 3.94. The lowest BCUT2D eigenvalue weighted by atomic mass is 10.1. The summed E-state index contributed by atoms with van der Waals surface area (Å²) < 4.78 is 0. The van der Waals surface area contributed by atoms with E-state index in [-0.39, 0.29) is 11.8 Å². The number of thiazole rings is 1. The summed E-state index contributed by atoms with van der Waals surface area (Å²) in [5.41, 5.74) is 6.69. The Morgan fingerprint density at radius 2 is 2.00 bits per heavy atom. The zero-order chi connectivity index (χ0) is 15.7. The molecule has 1 saturated carbocycles. The van der Waals surface area contributed by atoms with Crippen LogP contribution in [0.4, 0.5) is 0 Å². The molecule has 5 nitrogen and oxygen atoms in total. The first-order valence-electron chi connectivity index (χ1n) is 7.19. The normalized spacial score (nSPS) is 15.3. The second kappa shape index (κ2) is 5.88. The first-order valence-corrected chi connectivity index (χ1v) is 8.01. The maximum Gasteiger partial charge on any atom is 0.272 e. The molecule has 1 aliphatic rings. The van der Waals surface area contributed by atoms with Gasteiger partial charge in [-0.2, -0.15) is 0 Å². The smallest absolute Gasteiger partial charge is 0.272 e. The van der Waals surface area contributed by atoms with Crippen molar-refractivity contribution in [2.24, 2.45) is 11.7 Å². The topological polar surface area (TPSA) is 85.1 Å². The Morgan fingerprint density at radius 3 is 2.59 bits per heavy atom. The molecule has 0 spiro atoms. The quantitative estimate of drug-likeness (QED) is 0.886. The van der Waals surface area contributed by atoms with Crippen LogP contribution in [-0.4, -0.2) is 22.8 Å². The lowest BCUT2D eigenvalue weighted by Gasteiger charge is -2.14. The highest BCUT2D eigenvalue weighted by Gasteiger charge is 2.36. The van der Waals surface area contributed by atoms with Gasteiger partial charge in [-0.15, -0.1) is 11.3 Å². The molecule has 2 aromatic rings. The van der Waals surface area contributed by atoms with Gasteiger partial charge in [0.15, 0.2) is 0 Å². The van der Waals surface area contributed by atoms with Gasteiger partial charge in [0.05, 0.1) is 9.88 Å². The summed E-state index contributed by atoms with van der Waals surface area (Å²) in [6.07, 6.45) is 1.85. The highest BCUT2D eigenvalue weighted by molar-refractivity contribution is 7.15. The van der Waals surface area contributed by atoms with Crippen LogP contribution in [0.3, 0.4) is 0 Å². The summed E-state index contributed by atoms with van der Waals surface area (Å²) in [5.74, 6) is -0.649. The van der Waals surface area contributed by atoms with Crippen molar-refractivity contribution in [1.82, 2.24) is 10.3 Å². The molecular formula is C16H17N3O2S. The third-order valence-electron chi connectivity index (χ3n) is 3.67. The predicted molar refractivity (Wildman–Crippen MR) is 85.5 cm³/mol. The van der Waals surface area contributed by atoms with E-state index in [0.717, 1.165) is 28.3 Å². The molecule has 6 heteroatoms. The summed E-state index contributed by atoms with van der Waals surface area (Å²) in [7, 11) is 0. The third kappa shape index (κ3) is 3.01. The zero-order valence-electron chi connectivity index (χ0n) is 12.2. The van der Waals surface area contributed by atoms with Crippen LogP contribution >= 0.6 is 11.3 Å². The zero-order valence-corrected chi connectivity index (χ0v) is 13.0. The van der Waals surface area contributed by atoms with E-state index in [0.29, 0.717) is 5.69 Å². The van der Waals surface area contributed by atoms with Crippen LogP contribution in [0.1, 0.15) is 28.3 Å². The summed E-state index contributed by atoms with van der Waals surface area (Å²) >= 11 is 1.47. The molecule has 3 rings (SSSR count). The van der Waals surface area contributed by atoms with Crippen LogP contribution in [0, 0.1) is 12.8 Å². The van der Waals surface area contributed by atoms with E-state index in [2.05, 4.69) is 10.3 Å². The first kappa shape index (κ1) is 14.7. The van der Waals surface area contributed by atoms with E-state index in [1.54, 1.807) is 0 Å². The Hall–Kier alpha value is -2.21. The van der Waals surface area contributed by atoms with Gasteiger partial charge in [-0.05, 0) is 31.2 Å². The van der Waals surface area contributed by atoms with Crippen molar-refractivity contribution in [3.05, 3.63) is 41.0 Å². The Morgan fingerprint density at radius 1 is 1.32 bits per heavy atom. The number of aromatic nitrogens is 1. The minimum absolute atomic E-state index is 0.168. The van der Waals surface area contributed by atoms with E-state index >= 15 is 0 Å². The molecule has 1 heterocycles. The van der Waals surface area contributed by atoms with Crippen LogP contribution in [0.2, 0.25) is 0 Å². The van der Waals surface area contributed by atoms with Crippen LogP contribution in [-0.2, 0) is 4.79 Å². The Labute approximate surface area is 132 Å². The van der Waals surface area contributed by atoms with Gasteiger partial charge in [0.25, 0.3) is 5.91 Å². The highest BCUT2D eigenvalue weighted by Crippen LogP contribution is 2.34. The largest absolute Gasteiger partial charge is 0.368 e. The molecule has 0 radical (unpaired) electrons. The molecule has 2 amide bonds. The average molecular weight is 315 g/mol. The number of amides is 2. The maximum absolute atomic E-state index is 12.5. The number of hydrogen-bond acceptors (Lipinski definition) is 4. The van der Waals surface area contributed by atoms with Gasteiger partial charge in [-0.1, -0.05) is 30.3 Å². The lowest BCUT2D eigenvalue weighted by Crippen LogP contribution is -2.46. The van der Waals surface area contributed by atoms with Crippen molar-refractivity contribution in [3.8, 4) is 10.4 Å². The molecule has 1 fully saturated rings. The second-order valence-electron chi connectivity index (χ2n) is 5.47. The molecule has 1 atom stereocenters. The van der Waals surface area contributed by atoms with Crippen LogP contribution in [0.5, 0.6) is 0 Å². The maximum atomic E-state index is 12.5. The van der Waals surface area contributed by atoms with Crippen molar-refractivity contribution in [2.75, 3.05) is 0 Å². The number of rotatable bonds is 5. The van der Waals surface area contributed by atoms with Crippen molar-refractivity contribution in [2.45, 2.75) is 25.8 Å². The fourth-order valence-electron chi connectivity index (χ4n) is 2.43. The number of carbonyl (C=O) groups is 2. The Balaban J connectivity index is 1.88. The highest BCUT2D eigenvalue weighted by atomic mass is 32.1. The van der Waals surface area contributed by atoms with Crippen molar-refractivity contribution in [1.29, 1.82) is 0 Å². The summed E-state index contributed by atoms with van der Waals surface area (Å²) in [6, 6.07) is 9.04. The number of benzene rings is 1. The van der Waals surface area contributed by atoms with E-state index in [1.807, 2.05) is 37.3 Å². The molecule has 0 unspecified atom stereocenters. The van der Waals surface area contributed by atoms with Gasteiger partial charge < -0.3 is 11.1 Å². The minimum Gasteiger partial charge on any atom is -0.368 e. The van der Waals surface area contributed by atoms with E-state index in [4.69, 9.17) is 5.73 Å². The van der Waals surface area contributed by atoms with Crippen molar-refractivity contribution >= 4 is 23.2 Å². The Bertz CT molecular complexity index is 707. The number of aryl methyl sites for hydroxylation is 1. The average Bonchev–Trinajstić information content (AvgIpc) is 3.26. The molecule has 0 bridgehead atoms. The molecule has 114 valence electrons. The number of carbonyl (C=O) groups excluding carboxylic acids is 2. The van der Waals surface area contributed by atoms with Gasteiger partial charge in [0, 0.05) is 0 Å². The molecule has 22 heavy (non-hydrogen) atoms. The molecular weight excluding hydrogens is 298 g/mol. The number of nitrogens with zero attached hydrogens (tertiary/aromatic N) is 1. The number of nitrogens with two attached hydrogens (primary N) is 1. The van der Waals surface area contributed by atoms with Crippen LogP contribution in [0.25, 0.3) is 10.4 Å². The molecule has 1 aromatic carbocycles. The molecule has 0 saturated heterocycles. The van der Waals surface area contributed by atoms with Gasteiger partial charge in [0.1, 0.15) is 11.7 Å². The van der Waals surface area contributed by atoms with Crippen molar-refractivity contribution < 1.29 is 9.59 Å². The van der Waals surface area contributed by atoms with E-state index < -0.39 is 11.9 Å². The number of primary amides is 1. The molecule has 1 aromatic heterocycles. The lowest BCUT2D eigenvalue weighted by molar-refractivity contribution is -0.120. The van der Waals surface area contributed by atoms with Crippen LogP contribution in [0.15, 0.2) is 30.3 Å². The van der Waals surface area contributed by atoms with Gasteiger partial charge in [-0.25, -0.2) is 4.98 Å². The summed E-state index contributed by atoms with van der Waals surface area (Å²) in [4.78, 5) is 29.2. The molecule has 0 aliphatic heterocycles. The number of hydrogen-bond donors (Lipinski definition) is 2. The van der Waals surface area contributed by atoms with Crippen LogP contribution < -0.4 is 11.1 Å².